The van der Waals surface area contributed by atoms with Gasteiger partial charge in [-0.3, -0.25) is 4.79 Å². The maximum atomic E-state index is 12.3. The summed E-state index contributed by atoms with van der Waals surface area (Å²) in [7, 11) is 0. The lowest BCUT2D eigenvalue weighted by Gasteiger charge is -2.07. The van der Waals surface area contributed by atoms with Crippen LogP contribution < -0.4 is 4.74 Å². The van der Waals surface area contributed by atoms with E-state index in [2.05, 4.69) is 6.92 Å². The molecule has 0 saturated carbocycles. The van der Waals surface area contributed by atoms with Crippen molar-refractivity contribution in [2.75, 3.05) is 6.61 Å². The Bertz CT molecular complexity index is 525. The molecule has 0 aliphatic heterocycles. The smallest absolute Gasteiger partial charge is 0.166 e. The van der Waals surface area contributed by atoms with Gasteiger partial charge in [-0.25, -0.2) is 0 Å². The van der Waals surface area contributed by atoms with Crippen LogP contribution in [0.1, 0.15) is 121 Å². The number of benzene rings is 1. The van der Waals surface area contributed by atoms with Crippen LogP contribution in [0.4, 0.5) is 0 Å². The van der Waals surface area contributed by atoms with E-state index in [0.717, 1.165) is 12.8 Å². The first-order valence-corrected chi connectivity index (χ1v) is 11.7. The summed E-state index contributed by atoms with van der Waals surface area (Å²) in [5.74, 6) is 0.661. The van der Waals surface area contributed by atoms with Crippen molar-refractivity contribution in [3.8, 4) is 11.5 Å². The van der Waals surface area contributed by atoms with Crippen LogP contribution in [0.2, 0.25) is 0 Å². The molecule has 1 aromatic rings. The number of ketones is 1. The molecular weight excluding hydrogens is 348 g/mol. The predicted molar refractivity (Wildman–Crippen MR) is 119 cm³/mol. The normalized spacial score (nSPS) is 10.9. The Labute approximate surface area is 172 Å². The second-order valence-electron chi connectivity index (χ2n) is 7.88. The Morgan fingerprint density at radius 3 is 1.75 bits per heavy atom. The summed E-state index contributed by atoms with van der Waals surface area (Å²) < 4.78 is 5.34. The molecule has 3 nitrogen and oxygen atoms in total. The predicted octanol–water partition coefficient (Wildman–Crippen LogP) is 7.85. The summed E-state index contributed by atoms with van der Waals surface area (Å²) in [5.41, 5.74) is 0.415. The van der Waals surface area contributed by atoms with E-state index in [-0.39, 0.29) is 11.5 Å². The molecule has 0 bridgehead atoms. The molecule has 0 aliphatic rings. The van der Waals surface area contributed by atoms with Gasteiger partial charge in [-0.1, -0.05) is 90.4 Å². The summed E-state index contributed by atoms with van der Waals surface area (Å²) >= 11 is 0. The van der Waals surface area contributed by atoms with E-state index in [1.165, 1.54) is 83.1 Å². The topological polar surface area (TPSA) is 46.5 Å². The molecular formula is C25H42O3. The third-order valence-electron chi connectivity index (χ3n) is 5.34. The standard InChI is InChI=1S/C25H42O3/c1-3-5-6-7-8-9-10-11-12-13-14-15-16-17-18-24(26)23-20-19-22(28-4-2)21-25(23)27/h19-21,27H,3-18H2,1-2H3. The fraction of sp³-hybridized carbons (Fsp3) is 0.720. The van der Waals surface area contributed by atoms with Crippen molar-refractivity contribution in [1.82, 2.24) is 0 Å². The number of rotatable bonds is 18. The summed E-state index contributed by atoms with van der Waals surface area (Å²) in [6, 6.07) is 4.95. The van der Waals surface area contributed by atoms with Crippen molar-refractivity contribution >= 4 is 5.78 Å². The van der Waals surface area contributed by atoms with Crippen LogP contribution >= 0.6 is 0 Å². The van der Waals surface area contributed by atoms with Crippen LogP contribution in [0.25, 0.3) is 0 Å². The van der Waals surface area contributed by atoms with E-state index in [1.807, 2.05) is 6.92 Å². The number of phenolic OH excluding ortho intramolecular Hbond substituents is 1. The maximum absolute atomic E-state index is 12.3. The molecule has 0 saturated heterocycles. The number of carbonyl (C=O) groups is 1. The van der Waals surface area contributed by atoms with Crippen molar-refractivity contribution in [2.24, 2.45) is 0 Å². The molecule has 0 aromatic heterocycles. The van der Waals surface area contributed by atoms with E-state index < -0.39 is 0 Å². The highest BCUT2D eigenvalue weighted by molar-refractivity contribution is 5.98. The summed E-state index contributed by atoms with van der Waals surface area (Å²) in [6.45, 7) is 4.71. The Hall–Kier alpha value is -1.51. The number of unbranched alkanes of at least 4 members (excludes halogenated alkanes) is 13. The third kappa shape index (κ3) is 11.4. The Morgan fingerprint density at radius 2 is 1.29 bits per heavy atom. The molecule has 1 rings (SSSR count). The van der Waals surface area contributed by atoms with Crippen molar-refractivity contribution < 1.29 is 14.6 Å². The van der Waals surface area contributed by atoms with Crippen LogP contribution in [0.5, 0.6) is 11.5 Å². The largest absolute Gasteiger partial charge is 0.507 e. The van der Waals surface area contributed by atoms with Gasteiger partial charge in [-0.15, -0.1) is 0 Å². The molecule has 0 aliphatic carbocycles. The van der Waals surface area contributed by atoms with Gasteiger partial charge < -0.3 is 9.84 Å². The molecule has 0 fully saturated rings. The SMILES string of the molecule is CCCCCCCCCCCCCCCCC(=O)c1ccc(OCC)cc1O. The molecule has 160 valence electrons. The maximum Gasteiger partial charge on any atom is 0.166 e. The van der Waals surface area contributed by atoms with Gasteiger partial charge >= 0.3 is 0 Å². The van der Waals surface area contributed by atoms with Crippen LogP contribution in [-0.4, -0.2) is 17.5 Å². The van der Waals surface area contributed by atoms with Gasteiger partial charge in [0.1, 0.15) is 11.5 Å². The number of aromatic hydroxyl groups is 1. The number of carbonyl (C=O) groups excluding carboxylic acids is 1. The minimum atomic E-state index is 0.0273. The zero-order valence-corrected chi connectivity index (χ0v) is 18.3. The first-order valence-electron chi connectivity index (χ1n) is 11.7. The molecule has 1 N–H and O–H groups in total. The van der Waals surface area contributed by atoms with E-state index in [4.69, 9.17) is 4.74 Å². The van der Waals surface area contributed by atoms with Gasteiger partial charge in [0.15, 0.2) is 5.78 Å². The summed E-state index contributed by atoms with van der Waals surface area (Å²) in [4.78, 5) is 12.3. The third-order valence-corrected chi connectivity index (χ3v) is 5.34. The number of ether oxygens (including phenoxy) is 1. The number of hydrogen-bond donors (Lipinski definition) is 1. The summed E-state index contributed by atoms with van der Waals surface area (Å²) in [5, 5.41) is 10.0. The minimum absolute atomic E-state index is 0.0273. The molecule has 0 radical (unpaired) electrons. The molecule has 0 atom stereocenters. The van der Waals surface area contributed by atoms with Crippen molar-refractivity contribution in [1.29, 1.82) is 0 Å². The van der Waals surface area contributed by atoms with E-state index in [0.29, 0.717) is 24.3 Å². The first kappa shape index (κ1) is 24.5. The lowest BCUT2D eigenvalue weighted by atomic mass is 10.0. The fourth-order valence-corrected chi connectivity index (χ4v) is 3.62. The number of Topliss-reactive ketones (excluding diaryl/α,β-unsaturated/α-hetero) is 1. The number of phenols is 1. The minimum Gasteiger partial charge on any atom is -0.507 e. The summed E-state index contributed by atoms with van der Waals surface area (Å²) in [6.07, 6.45) is 18.8. The highest BCUT2D eigenvalue weighted by Gasteiger charge is 2.11. The molecule has 28 heavy (non-hydrogen) atoms. The fourth-order valence-electron chi connectivity index (χ4n) is 3.62. The van der Waals surface area contributed by atoms with Gasteiger partial charge in [-0.2, -0.15) is 0 Å². The number of hydrogen-bond acceptors (Lipinski definition) is 3. The Balaban J connectivity index is 1.98. The van der Waals surface area contributed by atoms with E-state index >= 15 is 0 Å². The van der Waals surface area contributed by atoms with E-state index in [1.54, 1.807) is 12.1 Å². The molecule has 0 unspecified atom stereocenters. The van der Waals surface area contributed by atoms with Gasteiger partial charge in [0.25, 0.3) is 0 Å². The Morgan fingerprint density at radius 1 is 0.786 bits per heavy atom. The second kappa shape index (κ2) is 16.4. The highest BCUT2D eigenvalue weighted by Crippen LogP contribution is 2.25. The van der Waals surface area contributed by atoms with Crippen LogP contribution in [0, 0.1) is 0 Å². The monoisotopic (exact) mass is 390 g/mol. The lowest BCUT2D eigenvalue weighted by molar-refractivity contribution is 0.0976. The van der Waals surface area contributed by atoms with Gasteiger partial charge in [0.05, 0.1) is 12.2 Å². The Kier molecular flexibility index (Phi) is 14.4. The highest BCUT2D eigenvalue weighted by atomic mass is 16.5. The van der Waals surface area contributed by atoms with Crippen molar-refractivity contribution in [3.05, 3.63) is 23.8 Å². The van der Waals surface area contributed by atoms with Crippen LogP contribution in [0.15, 0.2) is 18.2 Å². The average molecular weight is 391 g/mol. The molecule has 0 heterocycles. The van der Waals surface area contributed by atoms with Gasteiger partial charge in [0, 0.05) is 12.5 Å². The first-order chi connectivity index (χ1) is 13.7. The molecule has 0 spiro atoms. The van der Waals surface area contributed by atoms with Crippen molar-refractivity contribution in [3.63, 3.8) is 0 Å². The quantitative estimate of drug-likeness (QED) is 0.205. The van der Waals surface area contributed by atoms with E-state index in [9.17, 15) is 9.90 Å². The molecule has 1 aromatic carbocycles. The van der Waals surface area contributed by atoms with Gasteiger partial charge in [0.2, 0.25) is 0 Å². The molecule has 0 amide bonds. The zero-order chi connectivity index (χ0) is 20.5. The lowest BCUT2D eigenvalue weighted by Crippen LogP contribution is -2.00. The second-order valence-corrected chi connectivity index (χ2v) is 7.88. The van der Waals surface area contributed by atoms with Gasteiger partial charge in [-0.05, 0) is 25.5 Å². The van der Waals surface area contributed by atoms with Crippen LogP contribution in [0.3, 0.4) is 0 Å². The van der Waals surface area contributed by atoms with Crippen molar-refractivity contribution in [2.45, 2.75) is 110 Å². The molecule has 3 heteroatoms. The average Bonchev–Trinajstić information content (AvgIpc) is 2.68. The zero-order valence-electron chi connectivity index (χ0n) is 18.3. The van der Waals surface area contributed by atoms with Crippen LogP contribution in [-0.2, 0) is 0 Å².